The number of sulfone groups is 1. The lowest BCUT2D eigenvalue weighted by Crippen LogP contribution is -2.62. The van der Waals surface area contributed by atoms with Crippen LogP contribution in [0.15, 0.2) is 53.0 Å². The molecule has 2 aliphatic heterocycles. The van der Waals surface area contributed by atoms with Crippen molar-refractivity contribution >= 4 is 37.4 Å². The second-order valence-electron chi connectivity index (χ2n) is 7.26. The molecular formula is C20H20BrFN2O3S. The summed E-state index contributed by atoms with van der Waals surface area (Å²) >= 11 is 3.38. The third-order valence-electron chi connectivity index (χ3n) is 5.43. The second kappa shape index (κ2) is 7.57. The van der Waals surface area contributed by atoms with E-state index in [1.165, 1.54) is 6.07 Å². The van der Waals surface area contributed by atoms with Crippen LogP contribution in [0.3, 0.4) is 0 Å². The minimum absolute atomic E-state index is 0.0231. The maximum Gasteiger partial charge on any atom is 0.241 e. The van der Waals surface area contributed by atoms with Gasteiger partial charge in [-0.3, -0.25) is 9.69 Å². The van der Waals surface area contributed by atoms with Crippen molar-refractivity contribution in [3.63, 3.8) is 0 Å². The quantitative estimate of drug-likeness (QED) is 0.694. The highest BCUT2D eigenvalue weighted by molar-refractivity contribution is 9.10. The van der Waals surface area contributed by atoms with Crippen molar-refractivity contribution < 1.29 is 17.6 Å². The van der Waals surface area contributed by atoms with Crippen LogP contribution in [0, 0.1) is 5.82 Å². The zero-order valence-corrected chi connectivity index (χ0v) is 17.5. The summed E-state index contributed by atoms with van der Waals surface area (Å²) in [6.45, 7) is 0.568. The molecule has 0 radical (unpaired) electrons. The second-order valence-corrected chi connectivity index (χ2v) is 10.3. The molecule has 28 heavy (non-hydrogen) atoms. The van der Waals surface area contributed by atoms with Gasteiger partial charge in [0, 0.05) is 22.7 Å². The molecule has 5 nitrogen and oxygen atoms in total. The monoisotopic (exact) mass is 466 g/mol. The number of amides is 1. The molecule has 0 aliphatic carbocycles. The van der Waals surface area contributed by atoms with E-state index in [2.05, 4.69) is 15.9 Å². The number of carbonyl (C=O) groups is 1. The van der Waals surface area contributed by atoms with Crippen LogP contribution in [0.5, 0.6) is 0 Å². The van der Waals surface area contributed by atoms with E-state index >= 15 is 0 Å². The molecule has 2 fully saturated rings. The summed E-state index contributed by atoms with van der Waals surface area (Å²) in [5, 5.41) is 0. The highest BCUT2D eigenvalue weighted by atomic mass is 79.9. The SMILES string of the molecule is O=C1CN(CCc2ccccc2F)[C@H]2CS(=O)(=O)C[C@@H]2N1c1ccc(Br)cc1. The van der Waals surface area contributed by atoms with Crippen LogP contribution in [0.25, 0.3) is 0 Å². The lowest BCUT2D eigenvalue weighted by Gasteiger charge is -2.43. The van der Waals surface area contributed by atoms with Crippen LogP contribution in [-0.2, 0) is 21.1 Å². The lowest BCUT2D eigenvalue weighted by atomic mass is 10.0. The highest BCUT2D eigenvalue weighted by Crippen LogP contribution is 2.32. The fourth-order valence-corrected chi connectivity index (χ4v) is 6.35. The number of anilines is 1. The minimum Gasteiger partial charge on any atom is -0.306 e. The van der Waals surface area contributed by atoms with Gasteiger partial charge < -0.3 is 4.90 Å². The van der Waals surface area contributed by atoms with E-state index in [1.807, 2.05) is 29.2 Å². The van der Waals surface area contributed by atoms with E-state index in [9.17, 15) is 17.6 Å². The number of hydrogen-bond acceptors (Lipinski definition) is 4. The topological polar surface area (TPSA) is 57.7 Å². The third-order valence-corrected chi connectivity index (χ3v) is 7.66. The van der Waals surface area contributed by atoms with Crippen molar-refractivity contribution in [1.29, 1.82) is 0 Å². The molecule has 0 N–H and O–H groups in total. The first-order valence-corrected chi connectivity index (χ1v) is 11.7. The molecule has 0 spiro atoms. The number of rotatable bonds is 4. The number of piperazine rings is 1. The third kappa shape index (κ3) is 3.86. The zero-order chi connectivity index (χ0) is 19.9. The normalized spacial score (nSPS) is 24.4. The summed E-state index contributed by atoms with van der Waals surface area (Å²) in [4.78, 5) is 16.5. The summed E-state index contributed by atoms with van der Waals surface area (Å²) in [5.74, 6) is -0.433. The summed E-state index contributed by atoms with van der Waals surface area (Å²) in [6, 6.07) is 13.2. The van der Waals surface area contributed by atoms with Gasteiger partial charge in [0.25, 0.3) is 0 Å². The number of benzene rings is 2. The Labute approximate surface area is 172 Å². The molecule has 0 aromatic heterocycles. The molecule has 4 rings (SSSR count). The number of carbonyl (C=O) groups excluding carboxylic acids is 1. The van der Waals surface area contributed by atoms with Crippen molar-refractivity contribution in [1.82, 2.24) is 4.90 Å². The van der Waals surface area contributed by atoms with E-state index in [4.69, 9.17) is 0 Å². The van der Waals surface area contributed by atoms with Gasteiger partial charge in [0.1, 0.15) is 5.82 Å². The van der Waals surface area contributed by atoms with Gasteiger partial charge in [-0.05, 0) is 42.3 Å². The molecule has 2 aromatic carbocycles. The predicted molar refractivity (Wildman–Crippen MR) is 110 cm³/mol. The summed E-state index contributed by atoms with van der Waals surface area (Å²) in [5.41, 5.74) is 1.27. The van der Waals surface area contributed by atoms with Gasteiger partial charge >= 0.3 is 0 Å². The van der Waals surface area contributed by atoms with Crippen molar-refractivity contribution in [3.8, 4) is 0 Å². The number of fused-ring (bicyclic) bond motifs is 1. The smallest absolute Gasteiger partial charge is 0.241 e. The van der Waals surface area contributed by atoms with Crippen LogP contribution >= 0.6 is 15.9 Å². The molecule has 2 heterocycles. The van der Waals surface area contributed by atoms with Crippen LogP contribution < -0.4 is 4.90 Å². The molecule has 0 bridgehead atoms. The number of hydrogen-bond donors (Lipinski definition) is 0. The van der Waals surface area contributed by atoms with Crippen molar-refractivity contribution in [2.24, 2.45) is 0 Å². The summed E-state index contributed by atoms with van der Waals surface area (Å²) < 4.78 is 39.6. The van der Waals surface area contributed by atoms with Gasteiger partial charge in [0.15, 0.2) is 9.84 Å². The van der Waals surface area contributed by atoms with Crippen molar-refractivity contribution in [3.05, 3.63) is 64.4 Å². The van der Waals surface area contributed by atoms with E-state index in [-0.39, 0.29) is 35.8 Å². The van der Waals surface area contributed by atoms with E-state index < -0.39 is 15.9 Å². The van der Waals surface area contributed by atoms with Crippen LogP contribution in [0.2, 0.25) is 0 Å². The maximum atomic E-state index is 13.9. The maximum absolute atomic E-state index is 13.9. The molecule has 2 aromatic rings. The first-order chi connectivity index (χ1) is 13.3. The Morgan fingerprint density at radius 1 is 1.04 bits per heavy atom. The first kappa shape index (κ1) is 19.5. The highest BCUT2D eigenvalue weighted by Gasteiger charge is 2.49. The average molecular weight is 467 g/mol. The van der Waals surface area contributed by atoms with Crippen LogP contribution in [0.4, 0.5) is 10.1 Å². The Bertz CT molecular complexity index is 997. The molecule has 0 saturated carbocycles. The van der Waals surface area contributed by atoms with E-state index in [0.29, 0.717) is 24.2 Å². The largest absolute Gasteiger partial charge is 0.306 e. The van der Waals surface area contributed by atoms with Gasteiger partial charge in [-0.2, -0.15) is 0 Å². The van der Waals surface area contributed by atoms with Crippen LogP contribution in [-0.4, -0.2) is 55.9 Å². The Kier molecular flexibility index (Phi) is 5.28. The average Bonchev–Trinajstić information content (AvgIpc) is 2.97. The molecule has 1 amide bonds. The summed E-state index contributed by atoms with van der Waals surface area (Å²) in [6.07, 6.45) is 0.432. The van der Waals surface area contributed by atoms with Gasteiger partial charge in [-0.15, -0.1) is 0 Å². The van der Waals surface area contributed by atoms with Crippen molar-refractivity contribution in [2.45, 2.75) is 18.5 Å². The molecule has 2 saturated heterocycles. The van der Waals surface area contributed by atoms with Gasteiger partial charge in [-0.1, -0.05) is 34.1 Å². The fourth-order valence-electron chi connectivity index (χ4n) is 4.11. The Hall–Kier alpha value is -1.77. The molecule has 2 atom stereocenters. The summed E-state index contributed by atoms with van der Waals surface area (Å²) in [7, 11) is -3.24. The minimum atomic E-state index is -3.24. The predicted octanol–water partition coefficient (Wildman–Crippen LogP) is 2.65. The molecule has 8 heteroatoms. The molecule has 148 valence electrons. The Balaban J connectivity index is 1.59. The Morgan fingerprint density at radius 3 is 2.43 bits per heavy atom. The van der Waals surface area contributed by atoms with Crippen molar-refractivity contribution in [2.75, 3.05) is 29.5 Å². The van der Waals surface area contributed by atoms with Crippen LogP contribution in [0.1, 0.15) is 5.56 Å². The molecule has 0 unspecified atom stereocenters. The van der Waals surface area contributed by atoms with Gasteiger partial charge in [0.05, 0.1) is 24.1 Å². The number of nitrogens with zero attached hydrogens (tertiary/aromatic N) is 2. The molecule has 2 aliphatic rings. The van der Waals surface area contributed by atoms with Gasteiger partial charge in [-0.25, -0.2) is 12.8 Å². The van der Waals surface area contributed by atoms with Gasteiger partial charge in [0.2, 0.25) is 5.91 Å². The first-order valence-electron chi connectivity index (χ1n) is 9.09. The zero-order valence-electron chi connectivity index (χ0n) is 15.1. The van der Waals surface area contributed by atoms with E-state index in [1.54, 1.807) is 23.1 Å². The Morgan fingerprint density at radius 2 is 1.71 bits per heavy atom. The standard InChI is InChI=1S/C20H20BrFN2O3S/c21-15-5-7-16(8-6-15)24-19-13-28(26,27)12-18(19)23(11-20(24)25)10-9-14-3-1-2-4-17(14)22/h1-8,18-19H,9-13H2/t18-,19-/m0/s1. The van der Waals surface area contributed by atoms with E-state index in [0.717, 1.165) is 4.47 Å². The number of halogens is 2. The molecular weight excluding hydrogens is 447 g/mol. The lowest BCUT2D eigenvalue weighted by molar-refractivity contribution is -0.123. The fraction of sp³-hybridized carbons (Fsp3) is 0.350.